The van der Waals surface area contributed by atoms with Crippen molar-refractivity contribution in [3.63, 3.8) is 0 Å². The molecular formula is C11H13N5O2S. The SMILES string of the molecule is CNc1ncc([N+](=O)[O-])c(NCc2sccc2C)n1. The van der Waals surface area contributed by atoms with E-state index in [1.807, 2.05) is 18.4 Å². The molecule has 2 rings (SSSR count). The molecule has 0 aliphatic carbocycles. The molecule has 2 aromatic heterocycles. The van der Waals surface area contributed by atoms with Gasteiger partial charge in [0.1, 0.15) is 6.20 Å². The molecule has 8 heteroatoms. The Hall–Kier alpha value is -2.22. The van der Waals surface area contributed by atoms with Crippen LogP contribution in [0.3, 0.4) is 0 Å². The van der Waals surface area contributed by atoms with Crippen molar-refractivity contribution in [1.82, 2.24) is 9.97 Å². The van der Waals surface area contributed by atoms with Gasteiger partial charge in [0.2, 0.25) is 11.8 Å². The number of nitrogens with zero attached hydrogens (tertiary/aromatic N) is 3. The van der Waals surface area contributed by atoms with Gasteiger partial charge >= 0.3 is 5.69 Å². The molecule has 0 fully saturated rings. The number of aryl methyl sites for hydroxylation is 1. The first-order valence-corrected chi connectivity index (χ1v) is 6.46. The Morgan fingerprint density at radius 3 is 2.89 bits per heavy atom. The molecule has 0 amide bonds. The van der Waals surface area contributed by atoms with Crippen molar-refractivity contribution in [2.75, 3.05) is 17.7 Å². The van der Waals surface area contributed by atoms with E-state index in [0.29, 0.717) is 12.5 Å². The second-order valence-corrected chi connectivity index (χ2v) is 4.82. The summed E-state index contributed by atoms with van der Waals surface area (Å²) in [7, 11) is 1.66. The van der Waals surface area contributed by atoms with Gasteiger partial charge in [0.05, 0.1) is 11.5 Å². The average Bonchev–Trinajstić information content (AvgIpc) is 2.81. The van der Waals surface area contributed by atoms with Crippen LogP contribution in [0.2, 0.25) is 0 Å². The number of hydrogen-bond acceptors (Lipinski definition) is 7. The van der Waals surface area contributed by atoms with E-state index < -0.39 is 4.92 Å². The largest absolute Gasteiger partial charge is 0.359 e. The van der Waals surface area contributed by atoms with Crippen LogP contribution in [0.1, 0.15) is 10.4 Å². The maximum atomic E-state index is 10.9. The van der Waals surface area contributed by atoms with Crippen molar-refractivity contribution in [3.8, 4) is 0 Å². The molecule has 7 nitrogen and oxygen atoms in total. The number of nitro groups is 1. The zero-order chi connectivity index (χ0) is 13.8. The molecule has 0 aliphatic rings. The van der Waals surface area contributed by atoms with Crippen molar-refractivity contribution < 1.29 is 4.92 Å². The van der Waals surface area contributed by atoms with E-state index in [1.54, 1.807) is 18.4 Å². The maximum absolute atomic E-state index is 10.9. The minimum absolute atomic E-state index is 0.131. The first-order chi connectivity index (χ1) is 9.11. The van der Waals surface area contributed by atoms with Crippen LogP contribution in [0, 0.1) is 17.0 Å². The number of hydrogen-bond donors (Lipinski definition) is 2. The summed E-state index contributed by atoms with van der Waals surface area (Å²) in [5, 5.41) is 18.6. The third-order valence-electron chi connectivity index (χ3n) is 2.57. The minimum Gasteiger partial charge on any atom is -0.359 e. The van der Waals surface area contributed by atoms with Crippen molar-refractivity contribution in [2.24, 2.45) is 0 Å². The lowest BCUT2D eigenvalue weighted by Gasteiger charge is -2.07. The van der Waals surface area contributed by atoms with Gasteiger partial charge in [-0.2, -0.15) is 4.98 Å². The molecule has 0 aliphatic heterocycles. The molecule has 0 spiro atoms. The molecule has 0 radical (unpaired) electrons. The fraction of sp³-hybridized carbons (Fsp3) is 0.273. The van der Waals surface area contributed by atoms with Crippen molar-refractivity contribution in [3.05, 3.63) is 38.2 Å². The molecule has 0 saturated carbocycles. The van der Waals surface area contributed by atoms with Crippen LogP contribution >= 0.6 is 11.3 Å². The second-order valence-electron chi connectivity index (χ2n) is 3.81. The van der Waals surface area contributed by atoms with E-state index >= 15 is 0 Å². The van der Waals surface area contributed by atoms with Gasteiger partial charge < -0.3 is 10.6 Å². The molecule has 19 heavy (non-hydrogen) atoms. The van der Waals surface area contributed by atoms with Crippen LogP contribution in [-0.2, 0) is 6.54 Å². The molecule has 2 N–H and O–H groups in total. The Morgan fingerprint density at radius 1 is 1.53 bits per heavy atom. The Kier molecular flexibility index (Phi) is 3.91. The minimum atomic E-state index is -0.497. The maximum Gasteiger partial charge on any atom is 0.329 e. The molecule has 0 bridgehead atoms. The van der Waals surface area contributed by atoms with Gasteiger partial charge in [0.25, 0.3) is 0 Å². The van der Waals surface area contributed by atoms with Gasteiger partial charge in [0, 0.05) is 11.9 Å². The lowest BCUT2D eigenvalue weighted by molar-refractivity contribution is -0.384. The Labute approximate surface area is 113 Å². The fourth-order valence-electron chi connectivity index (χ4n) is 1.51. The highest BCUT2D eigenvalue weighted by Crippen LogP contribution is 2.24. The topological polar surface area (TPSA) is 93.0 Å². The third kappa shape index (κ3) is 2.97. The van der Waals surface area contributed by atoms with E-state index in [9.17, 15) is 10.1 Å². The molecule has 0 atom stereocenters. The van der Waals surface area contributed by atoms with E-state index in [4.69, 9.17) is 0 Å². The summed E-state index contributed by atoms with van der Waals surface area (Å²) in [6.45, 7) is 2.51. The van der Waals surface area contributed by atoms with Crippen LogP contribution in [0.25, 0.3) is 0 Å². The standard InChI is InChI=1S/C11H13N5O2S/c1-7-3-4-19-9(7)6-13-10-8(16(17)18)5-14-11(12-2)15-10/h3-5H,6H2,1-2H3,(H2,12,13,14,15). The molecule has 2 aromatic rings. The summed E-state index contributed by atoms with van der Waals surface area (Å²) in [6, 6.07) is 2.01. The van der Waals surface area contributed by atoms with Crippen LogP contribution in [0.4, 0.5) is 17.5 Å². The third-order valence-corrected chi connectivity index (χ3v) is 3.60. The summed E-state index contributed by atoms with van der Waals surface area (Å²) in [4.78, 5) is 19.5. The summed E-state index contributed by atoms with van der Waals surface area (Å²) in [5.74, 6) is 0.563. The predicted molar refractivity (Wildman–Crippen MR) is 74.6 cm³/mol. The van der Waals surface area contributed by atoms with Gasteiger partial charge in [-0.05, 0) is 23.9 Å². The van der Waals surface area contributed by atoms with Crippen molar-refractivity contribution in [1.29, 1.82) is 0 Å². The summed E-state index contributed by atoms with van der Waals surface area (Å²) in [5.41, 5.74) is 1.02. The van der Waals surface area contributed by atoms with Gasteiger partial charge in [-0.3, -0.25) is 10.1 Å². The van der Waals surface area contributed by atoms with E-state index in [0.717, 1.165) is 10.4 Å². The Bertz CT molecular complexity index is 599. The molecule has 2 heterocycles. The number of aromatic nitrogens is 2. The monoisotopic (exact) mass is 279 g/mol. The lowest BCUT2D eigenvalue weighted by atomic mass is 10.3. The van der Waals surface area contributed by atoms with Crippen LogP contribution in [0.5, 0.6) is 0 Å². The highest BCUT2D eigenvalue weighted by molar-refractivity contribution is 7.10. The highest BCUT2D eigenvalue weighted by atomic mass is 32.1. The summed E-state index contributed by atoms with van der Waals surface area (Å²) in [6.07, 6.45) is 1.20. The first kappa shape index (κ1) is 13.2. The Morgan fingerprint density at radius 2 is 2.32 bits per heavy atom. The van der Waals surface area contributed by atoms with E-state index in [2.05, 4.69) is 20.6 Å². The second kappa shape index (κ2) is 5.61. The summed E-state index contributed by atoms with van der Waals surface area (Å²) >= 11 is 1.60. The van der Waals surface area contributed by atoms with Crippen molar-refractivity contribution in [2.45, 2.75) is 13.5 Å². The molecular weight excluding hydrogens is 266 g/mol. The quantitative estimate of drug-likeness (QED) is 0.645. The number of anilines is 2. The fourth-order valence-corrected chi connectivity index (χ4v) is 2.35. The van der Waals surface area contributed by atoms with Gasteiger partial charge in [-0.15, -0.1) is 11.3 Å². The molecule has 0 aromatic carbocycles. The number of nitrogens with one attached hydrogen (secondary N) is 2. The molecule has 0 saturated heterocycles. The van der Waals surface area contributed by atoms with E-state index in [-0.39, 0.29) is 11.5 Å². The Balaban J connectivity index is 2.22. The predicted octanol–water partition coefficient (Wildman–Crippen LogP) is 2.41. The van der Waals surface area contributed by atoms with Crippen molar-refractivity contribution >= 4 is 28.8 Å². The number of thiophene rings is 1. The van der Waals surface area contributed by atoms with Gasteiger partial charge in [-0.25, -0.2) is 4.98 Å². The first-order valence-electron chi connectivity index (χ1n) is 5.58. The average molecular weight is 279 g/mol. The smallest absolute Gasteiger partial charge is 0.329 e. The van der Waals surface area contributed by atoms with Gasteiger partial charge in [0.15, 0.2) is 0 Å². The highest BCUT2D eigenvalue weighted by Gasteiger charge is 2.17. The van der Waals surface area contributed by atoms with Crippen LogP contribution in [0.15, 0.2) is 17.6 Å². The zero-order valence-corrected chi connectivity index (χ0v) is 11.3. The lowest BCUT2D eigenvalue weighted by Crippen LogP contribution is -2.07. The normalized spacial score (nSPS) is 10.2. The van der Waals surface area contributed by atoms with Crippen LogP contribution < -0.4 is 10.6 Å². The number of rotatable bonds is 5. The molecule has 0 unspecified atom stereocenters. The van der Waals surface area contributed by atoms with E-state index in [1.165, 1.54) is 6.20 Å². The van der Waals surface area contributed by atoms with Gasteiger partial charge in [-0.1, -0.05) is 0 Å². The van der Waals surface area contributed by atoms with Crippen LogP contribution in [-0.4, -0.2) is 21.9 Å². The zero-order valence-electron chi connectivity index (χ0n) is 10.5. The molecule has 100 valence electrons. The summed E-state index contributed by atoms with van der Waals surface area (Å²) < 4.78 is 0.